The van der Waals surface area contributed by atoms with Gasteiger partial charge in [-0.25, -0.2) is 0 Å². The van der Waals surface area contributed by atoms with Crippen LogP contribution in [0.1, 0.15) is 10.4 Å². The monoisotopic (exact) mass is 216 g/mol. The van der Waals surface area contributed by atoms with Crippen LogP contribution in [-0.4, -0.2) is 31.9 Å². The van der Waals surface area contributed by atoms with E-state index in [1.165, 1.54) is 0 Å². The van der Waals surface area contributed by atoms with Crippen molar-refractivity contribution < 1.29 is 29.3 Å². The van der Waals surface area contributed by atoms with E-state index in [2.05, 4.69) is 4.74 Å². The molecule has 0 aliphatic heterocycles. The first-order valence-corrected chi connectivity index (χ1v) is 3.39. The van der Waals surface area contributed by atoms with Crippen molar-refractivity contribution in [2.24, 2.45) is 0 Å². The summed E-state index contributed by atoms with van der Waals surface area (Å²) in [6, 6.07) is 2.17. The number of rotatable bonds is 1. The van der Waals surface area contributed by atoms with Crippen molar-refractivity contribution in [3.05, 3.63) is 29.3 Å². The molecule has 0 saturated carbocycles. The fourth-order valence-corrected chi connectivity index (χ4v) is 0.832. The molecule has 0 aliphatic carbocycles. The third kappa shape index (κ3) is 3.00. The van der Waals surface area contributed by atoms with Crippen LogP contribution in [0.15, 0.2) is 12.1 Å². The second-order valence-corrected chi connectivity index (χ2v) is 2.32. The Morgan fingerprint density at radius 2 is 1.80 bits per heavy atom. The zero-order chi connectivity index (χ0) is 10.0. The van der Waals surface area contributed by atoms with Crippen molar-refractivity contribution in [2.75, 3.05) is 7.11 Å². The number of methoxy groups -OCH3 is 1. The van der Waals surface area contributed by atoms with Crippen molar-refractivity contribution in [3.63, 3.8) is 0 Å². The normalized spacial score (nSPS) is 8.60. The Labute approximate surface area is 85.9 Å². The van der Waals surface area contributed by atoms with Gasteiger partial charge in [0.15, 0.2) is 0 Å². The van der Waals surface area contributed by atoms with Crippen LogP contribution in [-0.2, 0) is 4.74 Å². The molecule has 0 unspecified atom stereocenters. The zero-order valence-corrected chi connectivity index (χ0v) is 7.70. The third-order valence-electron chi connectivity index (χ3n) is 1.52. The summed E-state index contributed by atoms with van der Waals surface area (Å²) in [5.74, 6) is -3.45. The maximum Gasteiger partial charge on any atom is -0.870 e. The molecule has 0 spiro atoms. The fourth-order valence-electron chi connectivity index (χ4n) is 0.832. The van der Waals surface area contributed by atoms with Crippen LogP contribution in [0.25, 0.3) is 0 Å². The largest absolute Gasteiger partial charge is 0.870 e. The summed E-state index contributed by atoms with van der Waals surface area (Å²) in [5, 5.41) is 0. The van der Waals surface area contributed by atoms with Gasteiger partial charge in [0.25, 0.3) is 0 Å². The molecular weight excluding hydrogens is 209 g/mol. The number of halogens is 2. The zero-order valence-electron chi connectivity index (χ0n) is 7.70. The molecule has 0 aromatic heterocycles. The number of hydrogen-bond acceptors (Lipinski definition) is 4. The SMILES string of the molecule is [B+2]c1ccc(C(=O)OC)c(F)c1F.[OH-].[OH-]. The summed E-state index contributed by atoms with van der Waals surface area (Å²) in [6.45, 7) is 0. The van der Waals surface area contributed by atoms with Crippen LogP contribution < -0.4 is 5.46 Å². The number of esters is 1. The number of ether oxygens (including phenoxy) is 1. The average Bonchev–Trinajstić information content (AvgIpc) is 2.13. The van der Waals surface area contributed by atoms with E-state index in [0.29, 0.717) is 0 Å². The molecule has 15 heavy (non-hydrogen) atoms. The summed E-state index contributed by atoms with van der Waals surface area (Å²) in [6.07, 6.45) is 0. The first-order valence-electron chi connectivity index (χ1n) is 3.39. The number of carbonyl (C=O) groups excluding carboxylic acids is 1. The summed E-state index contributed by atoms with van der Waals surface area (Å²) < 4.78 is 29.9. The Bertz CT molecular complexity index is 357. The Balaban J connectivity index is 0. The van der Waals surface area contributed by atoms with Gasteiger partial charge in [0.2, 0.25) is 0 Å². The second kappa shape index (κ2) is 6.10. The summed E-state index contributed by atoms with van der Waals surface area (Å²) in [5.41, 5.74) is -0.806. The van der Waals surface area contributed by atoms with Gasteiger partial charge < -0.3 is 11.0 Å². The summed E-state index contributed by atoms with van der Waals surface area (Å²) in [4.78, 5) is 10.8. The minimum absolute atomic E-state index is 0. The predicted molar refractivity (Wildman–Crippen MR) is 47.0 cm³/mol. The molecule has 0 aliphatic rings. The van der Waals surface area contributed by atoms with E-state index in [-0.39, 0.29) is 16.4 Å². The molecule has 1 rings (SSSR count). The van der Waals surface area contributed by atoms with Crippen LogP contribution in [0.2, 0.25) is 0 Å². The maximum atomic E-state index is 12.9. The van der Waals surface area contributed by atoms with Crippen molar-refractivity contribution >= 4 is 19.3 Å². The van der Waals surface area contributed by atoms with Gasteiger partial charge in [0, 0.05) is 0 Å². The minimum Gasteiger partial charge on any atom is -0.870 e. The standard InChI is InChI=1S/C8H5BF2O2.2H2O/c1-13-8(12)4-2-3-5(9)7(11)6(4)10;;/h2-3H,1H3;2*1H2/q+2;;/p-2. The molecule has 0 saturated heterocycles. The first kappa shape index (κ1) is 16.0. The molecule has 2 N–H and O–H groups in total. The van der Waals surface area contributed by atoms with Gasteiger partial charge in [-0.15, -0.1) is 0 Å². The van der Waals surface area contributed by atoms with Crippen molar-refractivity contribution in [2.45, 2.75) is 0 Å². The summed E-state index contributed by atoms with van der Waals surface area (Å²) >= 11 is 0. The number of carbonyl (C=O) groups is 1. The van der Waals surface area contributed by atoms with Gasteiger partial charge in [-0.3, -0.25) is 0 Å². The number of benzene rings is 1. The molecule has 0 heterocycles. The van der Waals surface area contributed by atoms with E-state index in [4.69, 9.17) is 7.85 Å². The van der Waals surface area contributed by atoms with Crippen molar-refractivity contribution in [3.8, 4) is 0 Å². The first-order chi connectivity index (χ1) is 6.07. The van der Waals surface area contributed by atoms with E-state index >= 15 is 0 Å². The van der Waals surface area contributed by atoms with E-state index in [9.17, 15) is 13.6 Å². The molecule has 1 aromatic carbocycles. The molecule has 0 radical (unpaired) electrons. The number of hydrogen-bond donors (Lipinski definition) is 0. The molecule has 0 bridgehead atoms. The summed E-state index contributed by atoms with van der Waals surface area (Å²) in [7, 11) is 6.14. The van der Waals surface area contributed by atoms with E-state index < -0.39 is 23.2 Å². The fraction of sp³-hybridized carbons (Fsp3) is 0.125. The molecule has 80 valence electrons. The maximum absolute atomic E-state index is 12.9. The molecule has 0 amide bonds. The van der Waals surface area contributed by atoms with Crippen LogP contribution in [0.4, 0.5) is 8.78 Å². The smallest absolute Gasteiger partial charge is 0.870 e. The molecule has 0 fully saturated rings. The van der Waals surface area contributed by atoms with Crippen LogP contribution >= 0.6 is 0 Å². The van der Waals surface area contributed by atoms with Crippen molar-refractivity contribution in [1.82, 2.24) is 0 Å². The average molecular weight is 216 g/mol. The topological polar surface area (TPSA) is 86.3 Å². The van der Waals surface area contributed by atoms with Crippen LogP contribution in [0.5, 0.6) is 0 Å². The Kier molecular flexibility index (Phi) is 6.50. The van der Waals surface area contributed by atoms with Crippen LogP contribution in [0.3, 0.4) is 0 Å². The Morgan fingerprint density at radius 3 is 2.27 bits per heavy atom. The minimum atomic E-state index is -1.29. The van der Waals surface area contributed by atoms with E-state index in [1.54, 1.807) is 0 Å². The van der Waals surface area contributed by atoms with Crippen molar-refractivity contribution in [1.29, 1.82) is 0 Å². The Hall–Kier alpha value is -1.47. The third-order valence-corrected chi connectivity index (χ3v) is 1.52. The van der Waals surface area contributed by atoms with Crippen LogP contribution in [0, 0.1) is 11.6 Å². The predicted octanol–water partition coefficient (Wildman–Crippen LogP) is 0.192. The van der Waals surface area contributed by atoms with Gasteiger partial charge in [-0.05, 0) is 0 Å². The van der Waals surface area contributed by atoms with Gasteiger partial charge in [-0.2, -0.15) is 0 Å². The molecule has 4 nitrogen and oxygen atoms in total. The van der Waals surface area contributed by atoms with Gasteiger partial charge in [0.05, 0.1) is 0 Å². The van der Waals surface area contributed by atoms with E-state index in [1.807, 2.05) is 0 Å². The second-order valence-electron chi connectivity index (χ2n) is 2.32. The van der Waals surface area contributed by atoms with Gasteiger partial charge in [-0.1, -0.05) is 0 Å². The quantitative estimate of drug-likeness (QED) is 0.495. The Morgan fingerprint density at radius 1 is 1.27 bits per heavy atom. The van der Waals surface area contributed by atoms with Gasteiger partial charge >= 0.3 is 74.0 Å². The molecule has 1 aromatic rings. The molecular formula is C8H7BF2O4. The van der Waals surface area contributed by atoms with Gasteiger partial charge in [0.1, 0.15) is 0 Å². The molecule has 7 heteroatoms. The molecule has 0 atom stereocenters. The van der Waals surface area contributed by atoms with E-state index in [0.717, 1.165) is 19.2 Å².